The average Bonchev–Trinajstić information content (AvgIpc) is 3.41. The summed E-state index contributed by atoms with van der Waals surface area (Å²) in [5.41, 5.74) is 5.72. The van der Waals surface area contributed by atoms with Crippen LogP contribution in [0.3, 0.4) is 0 Å². The van der Waals surface area contributed by atoms with Crippen molar-refractivity contribution in [2.45, 2.75) is 44.3 Å². The van der Waals surface area contributed by atoms with Crippen LogP contribution in [0.1, 0.15) is 65.9 Å². The number of aromatic nitrogens is 4. The molecule has 4 aromatic rings. The lowest BCUT2D eigenvalue weighted by Crippen LogP contribution is -2.39. The smallest absolute Gasteiger partial charge is 0.433 e. The Kier molecular flexibility index (Phi) is 7.21. The highest BCUT2D eigenvalue weighted by Gasteiger charge is 2.34. The third kappa shape index (κ3) is 5.16. The molecular formula is C27H27F3N6O3. The topological polar surface area (TPSA) is 120 Å². The number of likely N-dealkylation sites (tertiary alicyclic amines) is 1. The summed E-state index contributed by atoms with van der Waals surface area (Å²) in [6, 6.07) is 6.46. The van der Waals surface area contributed by atoms with E-state index in [0.717, 1.165) is 11.9 Å². The lowest BCUT2D eigenvalue weighted by molar-refractivity contribution is -0.140. The number of nitrogens with two attached hydrogens (primary N) is 1. The van der Waals surface area contributed by atoms with Crippen LogP contribution in [0.4, 0.5) is 13.2 Å². The minimum atomic E-state index is -4.63. The minimum absolute atomic E-state index is 0.00226. The molecule has 1 amide bonds. The second kappa shape index (κ2) is 10.6. The van der Waals surface area contributed by atoms with Crippen molar-refractivity contribution < 1.29 is 27.1 Å². The van der Waals surface area contributed by atoms with E-state index in [1.54, 1.807) is 29.4 Å². The van der Waals surface area contributed by atoms with Gasteiger partial charge in [0, 0.05) is 42.4 Å². The van der Waals surface area contributed by atoms with Crippen LogP contribution < -0.4 is 10.5 Å². The lowest BCUT2D eigenvalue weighted by atomic mass is 9.95. The van der Waals surface area contributed by atoms with Crippen LogP contribution in [0.2, 0.25) is 0 Å². The quantitative estimate of drug-likeness (QED) is 0.357. The fourth-order valence-electron chi connectivity index (χ4n) is 4.75. The summed E-state index contributed by atoms with van der Waals surface area (Å²) in [4.78, 5) is 32.3. The van der Waals surface area contributed by atoms with E-state index in [1.807, 2.05) is 6.92 Å². The number of methoxy groups -OCH3 is 1. The number of carbonyl (C=O) groups excluding carboxylic acids is 1. The van der Waals surface area contributed by atoms with Gasteiger partial charge in [-0.2, -0.15) is 13.2 Å². The van der Waals surface area contributed by atoms with Gasteiger partial charge in [-0.15, -0.1) is 0 Å². The van der Waals surface area contributed by atoms with E-state index < -0.39 is 17.9 Å². The summed E-state index contributed by atoms with van der Waals surface area (Å²) in [6.07, 6.45) is 0.675. The monoisotopic (exact) mass is 540 g/mol. The molecule has 5 rings (SSSR count). The van der Waals surface area contributed by atoms with Crippen LogP contribution in [0, 0.1) is 0 Å². The van der Waals surface area contributed by atoms with Crippen molar-refractivity contribution in [3.05, 3.63) is 65.7 Å². The molecular weight excluding hydrogens is 513 g/mol. The van der Waals surface area contributed by atoms with Gasteiger partial charge in [0.1, 0.15) is 22.8 Å². The number of halogens is 3. The fourth-order valence-corrected chi connectivity index (χ4v) is 4.75. The first-order valence-corrected chi connectivity index (χ1v) is 12.6. The number of amides is 1. The Balaban J connectivity index is 1.50. The molecule has 0 bridgehead atoms. The molecule has 1 aliphatic heterocycles. The zero-order valence-corrected chi connectivity index (χ0v) is 21.4. The number of alkyl halides is 3. The average molecular weight is 541 g/mol. The molecule has 1 saturated heterocycles. The lowest BCUT2D eigenvalue weighted by Gasteiger charge is -2.31. The number of hydrogen-bond donors (Lipinski definition) is 1. The molecule has 1 atom stereocenters. The highest BCUT2D eigenvalue weighted by Crippen LogP contribution is 2.38. The molecule has 12 heteroatoms. The maximum atomic E-state index is 13.6. The number of piperidine rings is 1. The molecule has 0 radical (unpaired) electrons. The van der Waals surface area contributed by atoms with Gasteiger partial charge >= 0.3 is 6.18 Å². The van der Waals surface area contributed by atoms with Gasteiger partial charge in [-0.25, -0.2) is 19.9 Å². The first kappa shape index (κ1) is 26.5. The van der Waals surface area contributed by atoms with Crippen molar-refractivity contribution in [1.82, 2.24) is 24.8 Å². The summed E-state index contributed by atoms with van der Waals surface area (Å²) in [6.45, 7) is 2.83. The molecule has 1 fully saturated rings. The number of fused-ring (bicyclic) bond motifs is 1. The maximum absolute atomic E-state index is 13.6. The molecule has 1 aliphatic rings. The Hall–Kier alpha value is -4.06. The summed E-state index contributed by atoms with van der Waals surface area (Å²) in [5.74, 6) is 1.06. The number of nitrogens with zero attached hydrogens (tertiary/aromatic N) is 5. The predicted molar refractivity (Wildman–Crippen MR) is 136 cm³/mol. The van der Waals surface area contributed by atoms with E-state index in [9.17, 15) is 18.0 Å². The van der Waals surface area contributed by atoms with Crippen molar-refractivity contribution in [3.63, 3.8) is 0 Å². The number of ether oxygens (including phenoxy) is 1. The molecule has 204 valence electrons. The Labute approximate surface area is 222 Å². The Morgan fingerprint density at radius 2 is 1.87 bits per heavy atom. The van der Waals surface area contributed by atoms with Crippen LogP contribution in [-0.4, -0.2) is 50.9 Å². The molecule has 0 aliphatic carbocycles. The number of rotatable bonds is 6. The normalized spacial score (nSPS) is 15.5. The van der Waals surface area contributed by atoms with Crippen LogP contribution in [0.15, 0.2) is 47.1 Å². The Bertz CT molecular complexity index is 1480. The zero-order chi connectivity index (χ0) is 27.7. The van der Waals surface area contributed by atoms with Crippen LogP contribution in [0.5, 0.6) is 5.75 Å². The van der Waals surface area contributed by atoms with Crippen LogP contribution in [-0.2, 0) is 6.18 Å². The third-order valence-electron chi connectivity index (χ3n) is 6.93. The van der Waals surface area contributed by atoms with E-state index in [4.69, 9.17) is 14.9 Å². The highest BCUT2D eigenvalue weighted by molar-refractivity contribution is 5.98. The van der Waals surface area contributed by atoms with E-state index >= 15 is 0 Å². The number of oxazole rings is 1. The van der Waals surface area contributed by atoms with Crippen molar-refractivity contribution in [3.8, 4) is 17.2 Å². The van der Waals surface area contributed by atoms with Crippen LogP contribution >= 0.6 is 0 Å². The first-order chi connectivity index (χ1) is 18.7. The van der Waals surface area contributed by atoms with Crippen molar-refractivity contribution in [1.29, 1.82) is 0 Å². The van der Waals surface area contributed by atoms with E-state index in [2.05, 4.69) is 19.9 Å². The second-order valence-corrected chi connectivity index (χ2v) is 9.33. The zero-order valence-electron chi connectivity index (χ0n) is 21.4. The van der Waals surface area contributed by atoms with Crippen molar-refractivity contribution in [2.24, 2.45) is 5.73 Å². The van der Waals surface area contributed by atoms with Gasteiger partial charge < -0.3 is 19.8 Å². The summed E-state index contributed by atoms with van der Waals surface area (Å²) < 4.78 is 51.3. The van der Waals surface area contributed by atoms with E-state index in [1.165, 1.54) is 19.2 Å². The molecule has 39 heavy (non-hydrogen) atoms. The van der Waals surface area contributed by atoms with Crippen molar-refractivity contribution >= 4 is 16.8 Å². The summed E-state index contributed by atoms with van der Waals surface area (Å²) in [7, 11) is 1.35. The molecule has 1 aromatic carbocycles. The molecule has 2 N–H and O–H groups in total. The van der Waals surface area contributed by atoms with Gasteiger partial charge in [0.25, 0.3) is 5.91 Å². The Morgan fingerprint density at radius 1 is 1.15 bits per heavy atom. The number of benzene rings is 1. The van der Waals surface area contributed by atoms with Gasteiger partial charge in [0.2, 0.25) is 5.89 Å². The van der Waals surface area contributed by atoms with E-state index in [0.29, 0.717) is 43.3 Å². The maximum Gasteiger partial charge on any atom is 0.433 e. The number of pyridine rings is 1. The molecule has 9 nitrogen and oxygen atoms in total. The van der Waals surface area contributed by atoms with Crippen molar-refractivity contribution in [2.75, 3.05) is 20.2 Å². The fraction of sp³-hybridized carbons (Fsp3) is 0.370. The number of carbonyl (C=O) groups is 1. The molecule has 0 spiro atoms. The second-order valence-electron chi connectivity index (χ2n) is 9.33. The Morgan fingerprint density at radius 3 is 2.51 bits per heavy atom. The van der Waals surface area contributed by atoms with Gasteiger partial charge in [0.15, 0.2) is 11.5 Å². The number of hydrogen-bond acceptors (Lipinski definition) is 8. The molecule has 0 unspecified atom stereocenters. The first-order valence-electron chi connectivity index (χ1n) is 12.6. The summed E-state index contributed by atoms with van der Waals surface area (Å²) >= 11 is 0. The van der Waals surface area contributed by atoms with Gasteiger partial charge in [-0.1, -0.05) is 6.92 Å². The molecule has 3 aromatic heterocycles. The highest BCUT2D eigenvalue weighted by atomic mass is 19.4. The van der Waals surface area contributed by atoms with Gasteiger partial charge in [-0.05, 0) is 49.6 Å². The van der Waals surface area contributed by atoms with Crippen LogP contribution in [0.25, 0.3) is 22.4 Å². The van der Waals surface area contributed by atoms with Gasteiger partial charge in [-0.3, -0.25) is 4.79 Å². The summed E-state index contributed by atoms with van der Waals surface area (Å²) in [5, 5.41) is 0.336. The third-order valence-corrected chi connectivity index (χ3v) is 6.93. The standard InChI is InChI=1S/C27H27F3N6O3/c1-3-18(31)23-22(26(37)36-13-9-15(10-14-36)24-32-11-4-12-33-24)35-25(39-23)17-5-7-19(38-2)21-16(17)6-8-20(34-21)27(28,29)30/h4-8,11-12,15,18H,3,9-10,13-14,31H2,1-2H3/t18-/m0/s1. The predicted octanol–water partition coefficient (Wildman–Crippen LogP) is 5.14. The van der Waals surface area contributed by atoms with Gasteiger partial charge in [0.05, 0.1) is 13.2 Å². The molecule has 0 saturated carbocycles. The van der Waals surface area contributed by atoms with E-state index in [-0.39, 0.29) is 40.4 Å². The largest absolute Gasteiger partial charge is 0.494 e. The SMILES string of the molecule is CC[C@H](N)c1oc(-c2ccc(OC)c3nc(C(F)(F)F)ccc23)nc1C(=O)N1CCC(c2ncccn2)CC1. The minimum Gasteiger partial charge on any atom is -0.494 e. The molecule has 4 heterocycles.